The van der Waals surface area contributed by atoms with E-state index in [1.54, 1.807) is 23.1 Å². The minimum atomic E-state index is -0.104. The normalized spacial score (nSPS) is 22.0. The highest BCUT2D eigenvalue weighted by atomic mass is 16.5. The van der Waals surface area contributed by atoms with Crippen molar-refractivity contribution in [3.8, 4) is 0 Å². The van der Waals surface area contributed by atoms with Crippen molar-refractivity contribution in [1.29, 1.82) is 0 Å². The lowest BCUT2D eigenvalue weighted by molar-refractivity contribution is -0.131. The molecular formula is C16H25N5O3. The number of hydrogen-bond donors (Lipinski definition) is 2. The average Bonchev–Trinajstić information content (AvgIpc) is 3.23. The third kappa shape index (κ3) is 3.59. The monoisotopic (exact) mass is 335 g/mol. The standard InChI is InChI=1S/C16H25N5O3/c1-24-8-7-20-5-2-6-21(11-14(20)22)16(23)13-10-18-19-15(13)12-3-4-17-9-12/h10,12,17H,2-9,11H2,1H3,(H,18,19). The third-order valence-corrected chi connectivity index (χ3v) is 4.76. The van der Waals surface area contributed by atoms with Crippen LogP contribution in [0.1, 0.15) is 34.8 Å². The Kier molecular flexibility index (Phi) is 5.47. The number of carbonyl (C=O) groups excluding carboxylic acids is 2. The van der Waals surface area contributed by atoms with E-state index in [0.717, 1.165) is 31.6 Å². The number of hydrogen-bond acceptors (Lipinski definition) is 5. The predicted molar refractivity (Wildman–Crippen MR) is 87.8 cm³/mol. The van der Waals surface area contributed by atoms with Crippen LogP contribution in [0.2, 0.25) is 0 Å². The molecule has 2 fully saturated rings. The maximum atomic E-state index is 12.9. The molecule has 1 aromatic heterocycles. The number of methoxy groups -OCH3 is 1. The van der Waals surface area contributed by atoms with Gasteiger partial charge in [0, 0.05) is 39.2 Å². The lowest BCUT2D eigenvalue weighted by Crippen LogP contribution is -2.40. The highest BCUT2D eigenvalue weighted by Gasteiger charge is 2.30. The number of aromatic nitrogens is 2. The number of amides is 2. The Hall–Kier alpha value is -1.93. The second-order valence-electron chi connectivity index (χ2n) is 6.34. The first-order valence-electron chi connectivity index (χ1n) is 8.50. The molecule has 3 rings (SSSR count). The quantitative estimate of drug-likeness (QED) is 0.778. The van der Waals surface area contributed by atoms with Crippen molar-refractivity contribution in [3.05, 3.63) is 17.5 Å². The van der Waals surface area contributed by atoms with E-state index in [2.05, 4.69) is 15.5 Å². The van der Waals surface area contributed by atoms with Crippen LogP contribution in [0.15, 0.2) is 6.20 Å². The molecule has 2 saturated heterocycles. The van der Waals surface area contributed by atoms with Gasteiger partial charge in [0.2, 0.25) is 5.91 Å². The molecule has 2 aliphatic rings. The van der Waals surface area contributed by atoms with Gasteiger partial charge in [0.05, 0.1) is 24.1 Å². The first-order valence-corrected chi connectivity index (χ1v) is 8.50. The molecular weight excluding hydrogens is 310 g/mol. The van der Waals surface area contributed by atoms with Crippen LogP contribution in [-0.4, -0.2) is 84.8 Å². The van der Waals surface area contributed by atoms with Crippen LogP contribution in [0.25, 0.3) is 0 Å². The SMILES string of the molecule is COCCN1CCCN(C(=O)c2cn[nH]c2C2CCNC2)CC1=O. The van der Waals surface area contributed by atoms with E-state index in [0.29, 0.717) is 31.8 Å². The second-order valence-corrected chi connectivity index (χ2v) is 6.34. The van der Waals surface area contributed by atoms with Crippen LogP contribution < -0.4 is 5.32 Å². The Morgan fingerprint density at radius 2 is 2.33 bits per heavy atom. The molecule has 1 unspecified atom stereocenters. The molecule has 132 valence electrons. The number of H-pyrrole nitrogens is 1. The highest BCUT2D eigenvalue weighted by molar-refractivity contribution is 5.97. The van der Waals surface area contributed by atoms with Gasteiger partial charge in [-0.3, -0.25) is 14.7 Å². The lowest BCUT2D eigenvalue weighted by atomic mass is 10.0. The summed E-state index contributed by atoms with van der Waals surface area (Å²) in [5.41, 5.74) is 1.49. The average molecular weight is 335 g/mol. The first-order chi connectivity index (χ1) is 11.7. The zero-order valence-corrected chi connectivity index (χ0v) is 14.1. The topological polar surface area (TPSA) is 90.6 Å². The summed E-state index contributed by atoms with van der Waals surface area (Å²) < 4.78 is 5.05. The highest BCUT2D eigenvalue weighted by Crippen LogP contribution is 2.24. The Morgan fingerprint density at radius 1 is 1.46 bits per heavy atom. The fourth-order valence-corrected chi connectivity index (χ4v) is 3.38. The molecule has 24 heavy (non-hydrogen) atoms. The maximum Gasteiger partial charge on any atom is 0.257 e. The number of carbonyl (C=O) groups is 2. The van der Waals surface area contributed by atoms with E-state index < -0.39 is 0 Å². The van der Waals surface area contributed by atoms with Crippen molar-refractivity contribution in [3.63, 3.8) is 0 Å². The lowest BCUT2D eigenvalue weighted by Gasteiger charge is -2.22. The van der Waals surface area contributed by atoms with Gasteiger partial charge in [-0.25, -0.2) is 0 Å². The summed E-state index contributed by atoms with van der Waals surface area (Å²) in [4.78, 5) is 28.7. The molecule has 2 aliphatic heterocycles. The number of rotatable bonds is 5. The van der Waals surface area contributed by atoms with Crippen molar-refractivity contribution in [1.82, 2.24) is 25.3 Å². The minimum Gasteiger partial charge on any atom is -0.383 e. The number of nitrogens with zero attached hydrogens (tertiary/aromatic N) is 3. The van der Waals surface area contributed by atoms with Gasteiger partial charge in [0.25, 0.3) is 5.91 Å². The fraction of sp³-hybridized carbons (Fsp3) is 0.688. The van der Waals surface area contributed by atoms with Gasteiger partial charge in [-0.15, -0.1) is 0 Å². The van der Waals surface area contributed by atoms with Crippen LogP contribution in [-0.2, 0) is 9.53 Å². The van der Waals surface area contributed by atoms with E-state index in [1.165, 1.54) is 0 Å². The molecule has 2 amide bonds. The van der Waals surface area contributed by atoms with Gasteiger partial charge in [-0.2, -0.15) is 5.10 Å². The Balaban J connectivity index is 1.69. The number of aromatic amines is 1. The maximum absolute atomic E-state index is 12.9. The summed E-state index contributed by atoms with van der Waals surface area (Å²) in [6.45, 7) is 4.26. The molecule has 3 heterocycles. The van der Waals surface area contributed by atoms with Crippen LogP contribution >= 0.6 is 0 Å². The molecule has 1 aromatic rings. The minimum absolute atomic E-state index is 0.0227. The van der Waals surface area contributed by atoms with Crippen LogP contribution in [0.3, 0.4) is 0 Å². The van der Waals surface area contributed by atoms with Gasteiger partial charge >= 0.3 is 0 Å². The van der Waals surface area contributed by atoms with Gasteiger partial charge in [-0.1, -0.05) is 0 Å². The predicted octanol–water partition coefficient (Wildman–Crippen LogP) is -0.192. The van der Waals surface area contributed by atoms with Crippen molar-refractivity contribution in [2.75, 3.05) is 53.0 Å². The van der Waals surface area contributed by atoms with Crippen molar-refractivity contribution in [2.45, 2.75) is 18.8 Å². The summed E-state index contributed by atoms with van der Waals surface area (Å²) in [6.07, 6.45) is 3.36. The van der Waals surface area contributed by atoms with Gasteiger partial charge in [-0.05, 0) is 19.4 Å². The molecule has 0 bridgehead atoms. The summed E-state index contributed by atoms with van der Waals surface area (Å²) in [5.74, 6) is 0.158. The van der Waals surface area contributed by atoms with Gasteiger partial charge < -0.3 is 19.9 Å². The van der Waals surface area contributed by atoms with Crippen LogP contribution in [0, 0.1) is 0 Å². The molecule has 0 aromatic carbocycles. The smallest absolute Gasteiger partial charge is 0.257 e. The third-order valence-electron chi connectivity index (χ3n) is 4.76. The zero-order chi connectivity index (χ0) is 16.9. The zero-order valence-electron chi connectivity index (χ0n) is 14.1. The summed E-state index contributed by atoms with van der Waals surface area (Å²) >= 11 is 0. The second kappa shape index (κ2) is 7.76. The summed E-state index contributed by atoms with van der Waals surface area (Å²) in [5, 5.41) is 10.4. The largest absolute Gasteiger partial charge is 0.383 e. The van der Waals surface area contributed by atoms with Crippen molar-refractivity contribution >= 4 is 11.8 Å². The van der Waals surface area contributed by atoms with Crippen LogP contribution in [0.4, 0.5) is 0 Å². The van der Waals surface area contributed by atoms with Crippen molar-refractivity contribution in [2.24, 2.45) is 0 Å². The molecule has 0 spiro atoms. The molecule has 1 atom stereocenters. The molecule has 8 nitrogen and oxygen atoms in total. The number of nitrogens with one attached hydrogen (secondary N) is 2. The van der Waals surface area contributed by atoms with Gasteiger partial charge in [0.15, 0.2) is 0 Å². The Bertz CT molecular complexity index is 582. The summed E-state index contributed by atoms with van der Waals surface area (Å²) in [7, 11) is 1.62. The van der Waals surface area contributed by atoms with Crippen molar-refractivity contribution < 1.29 is 14.3 Å². The molecule has 8 heteroatoms. The van der Waals surface area contributed by atoms with E-state index >= 15 is 0 Å². The molecule has 2 N–H and O–H groups in total. The molecule has 0 saturated carbocycles. The van der Waals surface area contributed by atoms with E-state index in [4.69, 9.17) is 4.74 Å². The van der Waals surface area contributed by atoms with E-state index in [-0.39, 0.29) is 24.3 Å². The Morgan fingerprint density at radius 3 is 3.08 bits per heavy atom. The Labute approximate surface area is 141 Å². The molecule has 0 aliphatic carbocycles. The fourth-order valence-electron chi connectivity index (χ4n) is 3.38. The summed E-state index contributed by atoms with van der Waals surface area (Å²) in [6, 6.07) is 0. The molecule has 0 radical (unpaired) electrons. The number of ether oxygens (including phenoxy) is 1. The first kappa shape index (κ1) is 16.9. The van der Waals surface area contributed by atoms with E-state index in [9.17, 15) is 9.59 Å². The van der Waals surface area contributed by atoms with Crippen LogP contribution in [0.5, 0.6) is 0 Å². The van der Waals surface area contributed by atoms with Gasteiger partial charge in [0.1, 0.15) is 6.54 Å². The van der Waals surface area contributed by atoms with E-state index in [1.807, 2.05) is 0 Å².